The molecule has 1 atom stereocenters. The highest BCUT2D eigenvalue weighted by Gasteiger charge is 2.47. The van der Waals surface area contributed by atoms with Crippen molar-refractivity contribution in [2.45, 2.75) is 53.9 Å². The standard InChI is InChI=1S/C31H36Si/c1-6-7-14-27-19-21-30(22-20-27)32(28-15-10-8-11-16-28,29-17-12-9-13-18-29)31-25(4)23(2)24(3)26(31)5/h8-13,15-22,25H,6-7,14H2,1-5H3. The third-order valence-corrected chi connectivity index (χ3v) is 12.9. The van der Waals surface area contributed by atoms with Crippen molar-refractivity contribution in [2.75, 3.05) is 0 Å². The van der Waals surface area contributed by atoms with Crippen LogP contribution in [0.4, 0.5) is 0 Å². The van der Waals surface area contributed by atoms with Crippen molar-refractivity contribution in [1.82, 2.24) is 0 Å². The lowest BCUT2D eigenvalue weighted by Crippen LogP contribution is -2.69. The van der Waals surface area contributed by atoms with E-state index in [1.807, 2.05) is 0 Å². The van der Waals surface area contributed by atoms with Crippen molar-refractivity contribution in [3.63, 3.8) is 0 Å². The summed E-state index contributed by atoms with van der Waals surface area (Å²) in [4.78, 5) is 0. The second kappa shape index (κ2) is 9.46. The Kier molecular flexibility index (Phi) is 6.67. The zero-order valence-corrected chi connectivity index (χ0v) is 21.3. The van der Waals surface area contributed by atoms with Crippen LogP contribution in [-0.4, -0.2) is 8.07 Å². The molecule has 1 aliphatic rings. The van der Waals surface area contributed by atoms with Crippen molar-refractivity contribution in [3.8, 4) is 0 Å². The highest BCUT2D eigenvalue weighted by molar-refractivity contribution is 7.16. The van der Waals surface area contributed by atoms with Crippen molar-refractivity contribution in [3.05, 3.63) is 112 Å². The summed E-state index contributed by atoms with van der Waals surface area (Å²) >= 11 is 0. The largest absolute Gasteiger partial charge is 0.176 e. The van der Waals surface area contributed by atoms with Gasteiger partial charge in [0.05, 0.1) is 0 Å². The van der Waals surface area contributed by atoms with Gasteiger partial charge in [-0.2, -0.15) is 0 Å². The molecule has 3 aromatic rings. The lowest BCUT2D eigenvalue weighted by atomic mass is 10.1. The SMILES string of the molecule is CCCCc1ccc([Si](C2=C(C)C(C)=C(C)C2C)(c2ccccc2)c2ccccc2)cc1. The van der Waals surface area contributed by atoms with Gasteiger partial charge in [-0.15, -0.1) is 0 Å². The summed E-state index contributed by atoms with van der Waals surface area (Å²) in [6.07, 6.45) is 3.66. The van der Waals surface area contributed by atoms with Gasteiger partial charge in [-0.25, -0.2) is 0 Å². The first-order valence-corrected chi connectivity index (χ1v) is 14.1. The molecule has 1 unspecified atom stereocenters. The topological polar surface area (TPSA) is 0 Å². The van der Waals surface area contributed by atoms with Crippen LogP contribution in [0.1, 0.15) is 53.0 Å². The van der Waals surface area contributed by atoms with Crippen LogP contribution in [0.25, 0.3) is 0 Å². The summed E-state index contributed by atoms with van der Waals surface area (Å²) in [5, 5.41) is 6.12. The summed E-state index contributed by atoms with van der Waals surface area (Å²) in [7, 11) is -2.42. The van der Waals surface area contributed by atoms with E-state index in [0.717, 1.165) is 0 Å². The van der Waals surface area contributed by atoms with E-state index in [-0.39, 0.29) is 0 Å². The second-order valence-electron chi connectivity index (χ2n) is 9.35. The molecule has 1 heteroatoms. The van der Waals surface area contributed by atoms with E-state index in [1.54, 1.807) is 5.20 Å². The fourth-order valence-electron chi connectivity index (χ4n) is 5.61. The zero-order chi connectivity index (χ0) is 22.7. The first kappa shape index (κ1) is 22.5. The summed E-state index contributed by atoms with van der Waals surface area (Å²) < 4.78 is 0. The fraction of sp³-hybridized carbons (Fsp3) is 0.290. The minimum Gasteiger partial charge on any atom is -0.0654 e. The van der Waals surface area contributed by atoms with Crippen molar-refractivity contribution < 1.29 is 0 Å². The summed E-state index contributed by atoms with van der Waals surface area (Å²) in [6, 6.07) is 32.4. The Labute approximate surface area is 195 Å². The Bertz CT molecular complexity index is 1080. The number of allylic oxidation sites excluding steroid dienone is 4. The van der Waals surface area contributed by atoms with E-state index in [4.69, 9.17) is 0 Å². The van der Waals surface area contributed by atoms with Crippen molar-refractivity contribution >= 4 is 23.6 Å². The minimum absolute atomic E-state index is 0.460. The molecular weight excluding hydrogens is 400 g/mol. The lowest BCUT2D eigenvalue weighted by Gasteiger charge is -2.38. The number of benzene rings is 3. The third-order valence-electron chi connectivity index (χ3n) is 7.66. The van der Waals surface area contributed by atoms with Crippen LogP contribution < -0.4 is 15.6 Å². The molecule has 0 spiro atoms. The van der Waals surface area contributed by atoms with Crippen LogP contribution in [0.2, 0.25) is 0 Å². The molecule has 164 valence electrons. The molecule has 0 radical (unpaired) electrons. The molecule has 0 aromatic heterocycles. The van der Waals surface area contributed by atoms with Gasteiger partial charge < -0.3 is 0 Å². The van der Waals surface area contributed by atoms with Crippen LogP contribution >= 0.6 is 0 Å². The van der Waals surface area contributed by atoms with E-state index < -0.39 is 8.07 Å². The molecule has 0 heterocycles. The highest BCUT2D eigenvalue weighted by Crippen LogP contribution is 2.41. The molecule has 0 amide bonds. The molecule has 0 N–H and O–H groups in total. The Balaban J connectivity index is 2.04. The van der Waals surface area contributed by atoms with Gasteiger partial charge in [0.1, 0.15) is 0 Å². The highest BCUT2D eigenvalue weighted by atomic mass is 28.3. The molecule has 0 bridgehead atoms. The van der Waals surface area contributed by atoms with E-state index >= 15 is 0 Å². The second-order valence-corrected chi connectivity index (χ2v) is 13.1. The first-order valence-electron chi connectivity index (χ1n) is 12.1. The lowest BCUT2D eigenvalue weighted by molar-refractivity contribution is 0.795. The molecule has 0 fully saturated rings. The van der Waals surface area contributed by atoms with Crippen LogP contribution in [-0.2, 0) is 6.42 Å². The average Bonchev–Trinajstić information content (AvgIpc) is 3.04. The average molecular weight is 437 g/mol. The number of rotatable bonds is 7. The van der Waals surface area contributed by atoms with Gasteiger partial charge in [0.2, 0.25) is 0 Å². The van der Waals surface area contributed by atoms with Gasteiger partial charge in [0.15, 0.2) is 8.07 Å². The normalized spacial score (nSPS) is 16.7. The molecule has 3 aromatic carbocycles. The number of hydrogen-bond donors (Lipinski definition) is 0. The maximum absolute atomic E-state index is 2.45. The first-order chi connectivity index (χ1) is 15.5. The van der Waals surface area contributed by atoms with Gasteiger partial charge >= 0.3 is 0 Å². The molecule has 1 aliphatic carbocycles. The summed E-state index contributed by atoms with van der Waals surface area (Å²) in [6.45, 7) is 11.7. The molecule has 32 heavy (non-hydrogen) atoms. The molecule has 0 saturated heterocycles. The van der Waals surface area contributed by atoms with Gasteiger partial charge in [-0.1, -0.05) is 122 Å². The zero-order valence-electron chi connectivity index (χ0n) is 20.3. The molecule has 0 aliphatic heterocycles. The van der Waals surface area contributed by atoms with Crippen molar-refractivity contribution in [1.29, 1.82) is 0 Å². The van der Waals surface area contributed by atoms with Gasteiger partial charge in [-0.3, -0.25) is 0 Å². The monoisotopic (exact) mass is 436 g/mol. The quantitative estimate of drug-likeness (QED) is 0.299. The molecule has 4 rings (SSSR count). The number of aryl methyl sites for hydroxylation is 1. The summed E-state index contributed by atoms with van der Waals surface area (Å²) in [5.74, 6) is 0.460. The number of unbranched alkanes of at least 4 members (excludes halogenated alkanes) is 1. The van der Waals surface area contributed by atoms with Crippen LogP contribution in [0.5, 0.6) is 0 Å². The Morgan fingerprint density at radius 3 is 1.59 bits per heavy atom. The van der Waals surface area contributed by atoms with E-state index in [1.165, 1.54) is 57.1 Å². The Morgan fingerprint density at radius 2 is 1.16 bits per heavy atom. The Hall–Kier alpha value is -2.64. The summed E-state index contributed by atoms with van der Waals surface area (Å²) in [5.41, 5.74) is 5.97. The third kappa shape index (κ3) is 3.73. The van der Waals surface area contributed by atoms with Crippen molar-refractivity contribution in [2.24, 2.45) is 5.92 Å². The van der Waals surface area contributed by atoms with Crippen LogP contribution in [0.15, 0.2) is 107 Å². The van der Waals surface area contributed by atoms with E-state index in [2.05, 4.69) is 120 Å². The van der Waals surface area contributed by atoms with Crippen LogP contribution in [0.3, 0.4) is 0 Å². The predicted molar refractivity (Wildman–Crippen MR) is 143 cm³/mol. The van der Waals surface area contributed by atoms with Crippen LogP contribution in [0, 0.1) is 5.92 Å². The number of hydrogen-bond acceptors (Lipinski definition) is 0. The predicted octanol–water partition coefficient (Wildman–Crippen LogP) is 6.34. The maximum atomic E-state index is 2.45. The maximum Gasteiger partial charge on any atom is 0.176 e. The Morgan fingerprint density at radius 1 is 0.656 bits per heavy atom. The fourth-order valence-corrected chi connectivity index (χ4v) is 11.2. The van der Waals surface area contributed by atoms with Gasteiger partial charge in [0, 0.05) is 0 Å². The molecule has 0 saturated carbocycles. The molecule has 0 nitrogen and oxygen atoms in total. The molecular formula is C31H36Si. The minimum atomic E-state index is -2.42. The van der Waals surface area contributed by atoms with Gasteiger partial charge in [-0.05, 0) is 66.2 Å². The van der Waals surface area contributed by atoms with Gasteiger partial charge in [0.25, 0.3) is 0 Å². The smallest absolute Gasteiger partial charge is 0.0654 e. The van der Waals surface area contributed by atoms with E-state index in [0.29, 0.717) is 5.92 Å². The van der Waals surface area contributed by atoms with E-state index in [9.17, 15) is 0 Å².